The van der Waals surface area contributed by atoms with E-state index in [1.165, 1.54) is 16.0 Å². The molecule has 1 heterocycles. The third-order valence-electron chi connectivity index (χ3n) is 2.98. The van der Waals surface area contributed by atoms with Gasteiger partial charge in [-0.25, -0.2) is 0 Å². The molecule has 0 spiro atoms. The standard InChI is InChI=1S/C14H15BrClNS/c1-3-9-6-4-5-7-10(9)13(17-2)12-8-11(16)14(15)18-12/h4-8,13,17H,3H2,1-2H3. The minimum absolute atomic E-state index is 0.204. The number of hydrogen-bond donors (Lipinski definition) is 1. The first kappa shape index (κ1) is 14.1. The van der Waals surface area contributed by atoms with Crippen molar-refractivity contribution < 1.29 is 0 Å². The van der Waals surface area contributed by atoms with E-state index in [4.69, 9.17) is 11.6 Å². The van der Waals surface area contributed by atoms with Gasteiger partial charge in [-0.2, -0.15) is 0 Å². The van der Waals surface area contributed by atoms with Gasteiger partial charge in [0.15, 0.2) is 0 Å². The minimum Gasteiger partial charge on any atom is -0.309 e. The Labute approximate surface area is 125 Å². The van der Waals surface area contributed by atoms with E-state index in [9.17, 15) is 0 Å². The zero-order valence-corrected chi connectivity index (χ0v) is 13.5. The van der Waals surface area contributed by atoms with E-state index in [-0.39, 0.29) is 6.04 Å². The van der Waals surface area contributed by atoms with Gasteiger partial charge in [0, 0.05) is 4.88 Å². The molecule has 2 rings (SSSR count). The van der Waals surface area contributed by atoms with E-state index in [1.54, 1.807) is 11.3 Å². The Balaban J connectivity index is 2.45. The fourth-order valence-electron chi connectivity index (χ4n) is 2.09. The monoisotopic (exact) mass is 343 g/mol. The van der Waals surface area contributed by atoms with Gasteiger partial charge in [0.25, 0.3) is 0 Å². The highest BCUT2D eigenvalue weighted by Gasteiger charge is 2.18. The van der Waals surface area contributed by atoms with Gasteiger partial charge in [-0.15, -0.1) is 11.3 Å². The normalized spacial score (nSPS) is 12.7. The number of benzene rings is 1. The Bertz CT molecular complexity index is 519. The van der Waals surface area contributed by atoms with Crippen LogP contribution >= 0.6 is 38.9 Å². The van der Waals surface area contributed by atoms with Gasteiger partial charge in [0.1, 0.15) is 0 Å². The minimum atomic E-state index is 0.204. The molecule has 2 aromatic rings. The van der Waals surface area contributed by atoms with E-state index < -0.39 is 0 Å². The second-order valence-corrected chi connectivity index (χ2v) is 6.85. The molecule has 0 saturated carbocycles. The highest BCUT2D eigenvalue weighted by Crippen LogP contribution is 2.38. The molecule has 0 radical (unpaired) electrons. The number of halogens is 2. The molecule has 0 amide bonds. The lowest BCUT2D eigenvalue weighted by atomic mass is 9.98. The number of nitrogens with one attached hydrogen (secondary N) is 1. The molecule has 0 aliphatic rings. The number of thiophene rings is 1. The van der Waals surface area contributed by atoms with Crippen LogP contribution in [0.4, 0.5) is 0 Å². The molecule has 0 saturated heterocycles. The number of hydrogen-bond acceptors (Lipinski definition) is 2. The molecule has 1 N–H and O–H groups in total. The average molecular weight is 345 g/mol. The quantitative estimate of drug-likeness (QED) is 0.819. The summed E-state index contributed by atoms with van der Waals surface area (Å²) in [6, 6.07) is 10.8. The van der Waals surface area contributed by atoms with E-state index in [0.29, 0.717) is 0 Å². The summed E-state index contributed by atoms with van der Waals surface area (Å²) in [5.41, 5.74) is 2.70. The van der Waals surface area contributed by atoms with Gasteiger partial charge in [-0.3, -0.25) is 0 Å². The fourth-order valence-corrected chi connectivity index (χ4v) is 3.97. The van der Waals surface area contributed by atoms with Crippen molar-refractivity contribution in [1.82, 2.24) is 5.32 Å². The summed E-state index contributed by atoms with van der Waals surface area (Å²) in [7, 11) is 1.98. The molecule has 0 aliphatic carbocycles. The Morgan fingerprint density at radius 1 is 1.39 bits per heavy atom. The largest absolute Gasteiger partial charge is 0.309 e. The van der Waals surface area contributed by atoms with Gasteiger partial charge in [0.05, 0.1) is 14.9 Å². The zero-order chi connectivity index (χ0) is 13.1. The molecular weight excluding hydrogens is 330 g/mol. The summed E-state index contributed by atoms with van der Waals surface area (Å²) in [6.45, 7) is 2.18. The lowest BCUT2D eigenvalue weighted by Gasteiger charge is -2.18. The molecule has 1 aromatic carbocycles. The van der Waals surface area contributed by atoms with Crippen LogP contribution in [0.3, 0.4) is 0 Å². The van der Waals surface area contributed by atoms with Crippen molar-refractivity contribution in [3.8, 4) is 0 Å². The predicted molar refractivity (Wildman–Crippen MR) is 83.8 cm³/mol. The molecule has 4 heteroatoms. The third kappa shape index (κ3) is 2.80. The van der Waals surface area contributed by atoms with Crippen LogP contribution in [0, 0.1) is 0 Å². The second-order valence-electron chi connectivity index (χ2n) is 4.04. The molecule has 1 atom stereocenters. The summed E-state index contributed by atoms with van der Waals surface area (Å²) in [5, 5.41) is 4.16. The van der Waals surface area contributed by atoms with Gasteiger partial charge in [0.2, 0.25) is 0 Å². The molecule has 0 bridgehead atoms. The molecule has 96 valence electrons. The average Bonchev–Trinajstić information content (AvgIpc) is 2.71. The van der Waals surface area contributed by atoms with Crippen LogP contribution < -0.4 is 5.32 Å². The van der Waals surface area contributed by atoms with Crippen LogP contribution in [-0.4, -0.2) is 7.05 Å². The van der Waals surface area contributed by atoms with E-state index in [0.717, 1.165) is 15.2 Å². The maximum Gasteiger partial charge on any atom is 0.0888 e. The molecule has 1 nitrogen and oxygen atoms in total. The summed E-state index contributed by atoms with van der Waals surface area (Å²) < 4.78 is 0.994. The second kappa shape index (κ2) is 6.20. The van der Waals surface area contributed by atoms with Crippen LogP contribution in [0.5, 0.6) is 0 Å². The lowest BCUT2D eigenvalue weighted by Crippen LogP contribution is -2.18. The van der Waals surface area contributed by atoms with Crippen molar-refractivity contribution >= 4 is 38.9 Å². The molecule has 18 heavy (non-hydrogen) atoms. The first-order valence-electron chi connectivity index (χ1n) is 5.87. The Kier molecular flexibility index (Phi) is 4.84. The Morgan fingerprint density at radius 3 is 2.67 bits per heavy atom. The first-order chi connectivity index (χ1) is 8.67. The number of rotatable bonds is 4. The lowest BCUT2D eigenvalue weighted by molar-refractivity contribution is 0.696. The SMILES string of the molecule is CCc1ccccc1C(NC)c1cc(Cl)c(Br)s1. The molecule has 1 unspecified atom stereocenters. The summed E-state index contributed by atoms with van der Waals surface area (Å²) >= 11 is 11.3. The van der Waals surface area contributed by atoms with Crippen molar-refractivity contribution in [2.75, 3.05) is 7.05 Å². The van der Waals surface area contributed by atoms with Crippen molar-refractivity contribution in [3.05, 3.63) is 55.1 Å². The maximum absolute atomic E-state index is 6.13. The van der Waals surface area contributed by atoms with Gasteiger partial charge < -0.3 is 5.32 Å². The maximum atomic E-state index is 6.13. The van der Waals surface area contributed by atoms with Gasteiger partial charge in [-0.05, 0) is 46.6 Å². The molecule has 0 aliphatic heterocycles. The van der Waals surface area contributed by atoms with Gasteiger partial charge in [-0.1, -0.05) is 42.8 Å². The highest BCUT2D eigenvalue weighted by atomic mass is 79.9. The van der Waals surface area contributed by atoms with Crippen molar-refractivity contribution in [1.29, 1.82) is 0 Å². The van der Waals surface area contributed by atoms with Crippen molar-refractivity contribution in [2.45, 2.75) is 19.4 Å². The Morgan fingerprint density at radius 2 is 2.11 bits per heavy atom. The van der Waals surface area contributed by atoms with Crippen LogP contribution in [0.2, 0.25) is 5.02 Å². The van der Waals surface area contributed by atoms with Crippen molar-refractivity contribution in [2.24, 2.45) is 0 Å². The number of aryl methyl sites for hydroxylation is 1. The Hall–Kier alpha value is -0.350. The van der Waals surface area contributed by atoms with Crippen LogP contribution in [0.1, 0.15) is 29.0 Å². The van der Waals surface area contributed by atoms with E-state index in [2.05, 4.69) is 52.4 Å². The topological polar surface area (TPSA) is 12.0 Å². The van der Waals surface area contributed by atoms with E-state index in [1.807, 2.05) is 13.1 Å². The van der Waals surface area contributed by atoms with Crippen LogP contribution in [0.15, 0.2) is 34.1 Å². The van der Waals surface area contributed by atoms with E-state index >= 15 is 0 Å². The summed E-state index contributed by atoms with van der Waals surface area (Å²) in [5.74, 6) is 0. The smallest absolute Gasteiger partial charge is 0.0888 e. The molecule has 1 aromatic heterocycles. The van der Waals surface area contributed by atoms with Gasteiger partial charge >= 0.3 is 0 Å². The summed E-state index contributed by atoms with van der Waals surface area (Å²) in [6.07, 6.45) is 1.04. The van der Waals surface area contributed by atoms with Crippen LogP contribution in [-0.2, 0) is 6.42 Å². The first-order valence-corrected chi connectivity index (χ1v) is 7.86. The zero-order valence-electron chi connectivity index (χ0n) is 10.3. The third-order valence-corrected chi connectivity index (χ3v) is 5.52. The highest BCUT2D eigenvalue weighted by molar-refractivity contribution is 9.11. The molecule has 0 fully saturated rings. The van der Waals surface area contributed by atoms with Crippen LogP contribution in [0.25, 0.3) is 0 Å². The van der Waals surface area contributed by atoms with Crippen molar-refractivity contribution in [3.63, 3.8) is 0 Å². The molecular formula is C14H15BrClNS. The predicted octanol–water partition coefficient (Wildman–Crippen LogP) is 5.04. The summed E-state index contributed by atoms with van der Waals surface area (Å²) in [4.78, 5) is 1.23. The fraction of sp³-hybridized carbons (Fsp3) is 0.286.